The zero-order valence-electron chi connectivity index (χ0n) is 17.9. The van der Waals surface area contributed by atoms with Gasteiger partial charge in [-0.2, -0.15) is 4.31 Å². The molecule has 6 heteroatoms. The molecule has 0 saturated carbocycles. The molecule has 1 aliphatic rings. The van der Waals surface area contributed by atoms with Crippen LogP contribution in [-0.4, -0.2) is 31.7 Å². The van der Waals surface area contributed by atoms with Crippen LogP contribution in [0.25, 0.3) is 0 Å². The lowest BCUT2D eigenvalue weighted by molar-refractivity contribution is 0.0931. The number of hydrogen-bond acceptors (Lipinski definition) is 3. The van der Waals surface area contributed by atoms with E-state index in [-0.39, 0.29) is 16.8 Å². The molecule has 3 rings (SSSR count). The van der Waals surface area contributed by atoms with Crippen molar-refractivity contribution < 1.29 is 13.2 Å². The van der Waals surface area contributed by atoms with Crippen LogP contribution in [0.15, 0.2) is 59.5 Å². The average Bonchev–Trinajstić information content (AvgIpc) is 3.04. The monoisotopic (exact) mass is 428 g/mol. The number of carbonyl (C=O) groups excluding carboxylic acids is 1. The quantitative estimate of drug-likeness (QED) is 0.691. The molecule has 0 bridgehead atoms. The van der Waals surface area contributed by atoms with Crippen molar-refractivity contribution in [1.29, 1.82) is 0 Å². The van der Waals surface area contributed by atoms with Gasteiger partial charge in [0.25, 0.3) is 5.91 Å². The van der Waals surface area contributed by atoms with Crippen LogP contribution in [0.3, 0.4) is 0 Å². The summed E-state index contributed by atoms with van der Waals surface area (Å²) in [5.74, 6) is 0.155. The number of carbonyl (C=O) groups is 1. The maximum absolute atomic E-state index is 13.1. The minimum Gasteiger partial charge on any atom is -0.345 e. The summed E-state index contributed by atoms with van der Waals surface area (Å²) >= 11 is 0. The van der Waals surface area contributed by atoms with Crippen LogP contribution in [-0.2, 0) is 10.0 Å². The van der Waals surface area contributed by atoms with E-state index in [4.69, 9.17) is 0 Å². The summed E-state index contributed by atoms with van der Waals surface area (Å²) in [6, 6.07) is 16.2. The van der Waals surface area contributed by atoms with Gasteiger partial charge in [-0.05, 0) is 48.9 Å². The van der Waals surface area contributed by atoms with Crippen molar-refractivity contribution >= 4 is 15.9 Å². The van der Waals surface area contributed by atoms with Crippen molar-refractivity contribution in [3.63, 3.8) is 0 Å². The Kier molecular flexibility index (Phi) is 7.67. The zero-order valence-corrected chi connectivity index (χ0v) is 18.7. The normalized spacial score (nSPS) is 16.8. The Hall–Kier alpha value is -2.18. The lowest BCUT2D eigenvalue weighted by Crippen LogP contribution is -2.32. The van der Waals surface area contributed by atoms with Crippen LogP contribution in [0, 0.1) is 5.92 Å². The van der Waals surface area contributed by atoms with Crippen molar-refractivity contribution in [1.82, 2.24) is 9.62 Å². The number of hydrogen-bond donors (Lipinski definition) is 1. The molecule has 0 aromatic heterocycles. The van der Waals surface area contributed by atoms with Gasteiger partial charge in [-0.3, -0.25) is 4.79 Å². The highest BCUT2D eigenvalue weighted by Crippen LogP contribution is 2.24. The molecule has 1 fully saturated rings. The van der Waals surface area contributed by atoms with E-state index in [1.807, 2.05) is 30.3 Å². The molecule has 1 atom stereocenters. The molecule has 1 N–H and O–H groups in total. The van der Waals surface area contributed by atoms with Crippen LogP contribution in [0.5, 0.6) is 0 Å². The van der Waals surface area contributed by atoms with Gasteiger partial charge < -0.3 is 5.32 Å². The zero-order chi connectivity index (χ0) is 21.6. The second kappa shape index (κ2) is 10.2. The largest absolute Gasteiger partial charge is 0.345 e. The van der Waals surface area contributed by atoms with Gasteiger partial charge in [0.15, 0.2) is 0 Å². The summed E-state index contributed by atoms with van der Waals surface area (Å²) in [6.45, 7) is 5.33. The number of benzene rings is 2. The highest BCUT2D eigenvalue weighted by molar-refractivity contribution is 7.89. The first-order valence-electron chi connectivity index (χ1n) is 10.8. The number of nitrogens with zero attached hydrogens (tertiary/aromatic N) is 1. The third-order valence-corrected chi connectivity index (χ3v) is 7.41. The number of rotatable bonds is 7. The van der Waals surface area contributed by atoms with Gasteiger partial charge in [-0.1, -0.05) is 63.1 Å². The Bertz CT molecular complexity index is 934. The van der Waals surface area contributed by atoms with E-state index in [0.717, 1.165) is 37.7 Å². The molecule has 0 radical (unpaired) electrons. The second-order valence-corrected chi connectivity index (χ2v) is 10.4. The minimum absolute atomic E-state index is 0.121. The molecule has 0 spiro atoms. The van der Waals surface area contributed by atoms with E-state index in [1.165, 1.54) is 6.07 Å². The van der Waals surface area contributed by atoms with E-state index in [0.29, 0.717) is 24.6 Å². The Labute approximate surface area is 180 Å². The summed E-state index contributed by atoms with van der Waals surface area (Å²) < 4.78 is 27.8. The van der Waals surface area contributed by atoms with Crippen LogP contribution in [0.2, 0.25) is 0 Å². The van der Waals surface area contributed by atoms with Crippen LogP contribution < -0.4 is 5.32 Å². The van der Waals surface area contributed by atoms with Gasteiger partial charge in [0.1, 0.15) is 0 Å². The molecule has 2 aromatic carbocycles. The molecule has 1 aliphatic heterocycles. The maximum Gasteiger partial charge on any atom is 0.251 e. The summed E-state index contributed by atoms with van der Waals surface area (Å²) in [5.41, 5.74) is 1.42. The number of sulfonamides is 1. The van der Waals surface area contributed by atoms with Gasteiger partial charge >= 0.3 is 0 Å². The Morgan fingerprint density at radius 3 is 2.27 bits per heavy atom. The summed E-state index contributed by atoms with van der Waals surface area (Å²) in [6.07, 6.45) is 4.69. The smallest absolute Gasteiger partial charge is 0.251 e. The molecular formula is C24H32N2O3S. The average molecular weight is 429 g/mol. The van der Waals surface area contributed by atoms with E-state index >= 15 is 0 Å². The summed E-state index contributed by atoms with van der Waals surface area (Å²) in [4.78, 5) is 13.2. The molecule has 2 aromatic rings. The standard InChI is InChI=1S/C24H32N2O3S/c1-19(2)17-23(20-11-6-5-7-12-20)25-24(27)21-13-10-14-22(18-21)30(28,29)26-15-8-3-4-9-16-26/h5-7,10-14,18-19,23H,3-4,8-9,15-17H2,1-2H3,(H,25,27). The molecule has 1 heterocycles. The highest BCUT2D eigenvalue weighted by atomic mass is 32.2. The fourth-order valence-corrected chi connectivity index (χ4v) is 5.47. The predicted molar refractivity (Wildman–Crippen MR) is 120 cm³/mol. The Morgan fingerprint density at radius 2 is 1.63 bits per heavy atom. The van der Waals surface area contributed by atoms with Crippen molar-refractivity contribution in [2.45, 2.75) is 56.9 Å². The Balaban J connectivity index is 1.81. The first-order chi connectivity index (χ1) is 14.4. The summed E-state index contributed by atoms with van der Waals surface area (Å²) in [7, 11) is -3.59. The van der Waals surface area contributed by atoms with E-state index in [1.54, 1.807) is 22.5 Å². The topological polar surface area (TPSA) is 66.5 Å². The molecular weight excluding hydrogens is 396 g/mol. The van der Waals surface area contributed by atoms with Gasteiger partial charge in [0, 0.05) is 18.7 Å². The number of nitrogens with one attached hydrogen (secondary N) is 1. The van der Waals surface area contributed by atoms with Crippen LogP contribution in [0.4, 0.5) is 0 Å². The Morgan fingerprint density at radius 1 is 0.967 bits per heavy atom. The van der Waals surface area contributed by atoms with Gasteiger partial charge in [0.05, 0.1) is 10.9 Å². The lowest BCUT2D eigenvalue weighted by atomic mass is 9.96. The van der Waals surface area contributed by atoms with Gasteiger partial charge in [0.2, 0.25) is 10.0 Å². The van der Waals surface area contributed by atoms with E-state index in [2.05, 4.69) is 19.2 Å². The first kappa shape index (κ1) is 22.5. The molecule has 1 saturated heterocycles. The molecule has 1 amide bonds. The molecule has 30 heavy (non-hydrogen) atoms. The lowest BCUT2D eigenvalue weighted by Gasteiger charge is -2.22. The fourth-order valence-electron chi connectivity index (χ4n) is 3.91. The van der Waals surface area contributed by atoms with Crippen molar-refractivity contribution in [2.75, 3.05) is 13.1 Å². The minimum atomic E-state index is -3.59. The predicted octanol–water partition coefficient (Wildman–Crippen LogP) is 4.77. The summed E-state index contributed by atoms with van der Waals surface area (Å²) in [5, 5.41) is 3.10. The van der Waals surface area contributed by atoms with Gasteiger partial charge in [-0.15, -0.1) is 0 Å². The molecule has 0 aliphatic carbocycles. The second-order valence-electron chi connectivity index (χ2n) is 8.41. The third-order valence-electron chi connectivity index (χ3n) is 5.51. The van der Waals surface area contributed by atoms with Crippen LogP contribution >= 0.6 is 0 Å². The number of amides is 1. The molecule has 1 unspecified atom stereocenters. The van der Waals surface area contributed by atoms with Crippen LogP contribution in [0.1, 0.15) is 67.9 Å². The fraction of sp³-hybridized carbons (Fsp3) is 0.458. The molecule has 5 nitrogen and oxygen atoms in total. The van der Waals surface area contributed by atoms with Crippen molar-refractivity contribution in [3.05, 3.63) is 65.7 Å². The third kappa shape index (κ3) is 5.70. The van der Waals surface area contributed by atoms with E-state index in [9.17, 15) is 13.2 Å². The van der Waals surface area contributed by atoms with Crippen molar-refractivity contribution in [2.24, 2.45) is 5.92 Å². The molecule has 162 valence electrons. The first-order valence-corrected chi connectivity index (χ1v) is 12.3. The highest BCUT2D eigenvalue weighted by Gasteiger charge is 2.26. The maximum atomic E-state index is 13.1. The van der Waals surface area contributed by atoms with E-state index < -0.39 is 10.0 Å². The van der Waals surface area contributed by atoms with Crippen molar-refractivity contribution in [3.8, 4) is 0 Å². The SMILES string of the molecule is CC(C)CC(NC(=O)c1cccc(S(=O)(=O)N2CCCCCC2)c1)c1ccccc1. The van der Waals surface area contributed by atoms with Gasteiger partial charge in [-0.25, -0.2) is 8.42 Å².